The third-order valence-corrected chi connectivity index (χ3v) is 3.93. The maximum atomic E-state index is 12.2. The highest BCUT2D eigenvalue weighted by Crippen LogP contribution is 2.00. The summed E-state index contributed by atoms with van der Waals surface area (Å²) in [4.78, 5) is 68.3. The fourth-order valence-electron chi connectivity index (χ4n) is 1.96. The Labute approximate surface area is 170 Å². The van der Waals surface area contributed by atoms with Gasteiger partial charge in [0.2, 0.25) is 17.7 Å². The molecule has 0 aliphatic carbocycles. The Morgan fingerprint density at radius 2 is 1.41 bits per heavy atom. The van der Waals surface area contributed by atoms with Crippen molar-refractivity contribution >= 4 is 48.3 Å². The van der Waals surface area contributed by atoms with E-state index in [1.807, 2.05) is 0 Å². The zero-order valence-corrected chi connectivity index (χ0v) is 16.3. The number of nitrogens with one attached hydrogen (secondary N) is 3. The van der Waals surface area contributed by atoms with Gasteiger partial charge in [-0.25, -0.2) is 4.79 Å². The first-order chi connectivity index (χ1) is 13.4. The molecule has 164 valence electrons. The van der Waals surface area contributed by atoms with Crippen molar-refractivity contribution in [2.24, 2.45) is 5.73 Å². The zero-order valence-electron chi connectivity index (χ0n) is 15.5. The van der Waals surface area contributed by atoms with Crippen molar-refractivity contribution in [3.05, 3.63) is 0 Å². The number of carboxylic acid groups (broad SMARTS) is 3. The third kappa shape index (κ3) is 10.3. The number of hydrogen-bond acceptors (Lipinski definition) is 8. The van der Waals surface area contributed by atoms with Crippen LogP contribution in [0.3, 0.4) is 0 Å². The Kier molecular flexibility index (Phi) is 11.3. The van der Waals surface area contributed by atoms with Gasteiger partial charge in [0.05, 0.1) is 12.5 Å². The highest BCUT2D eigenvalue weighted by molar-refractivity contribution is 7.80. The van der Waals surface area contributed by atoms with E-state index in [4.69, 9.17) is 21.1 Å². The Morgan fingerprint density at radius 1 is 0.862 bits per heavy atom. The molecule has 14 heteroatoms. The largest absolute Gasteiger partial charge is 0.481 e. The van der Waals surface area contributed by atoms with Crippen molar-refractivity contribution in [1.29, 1.82) is 0 Å². The van der Waals surface area contributed by atoms with Crippen LogP contribution in [-0.2, 0) is 28.8 Å². The Morgan fingerprint density at radius 3 is 1.86 bits per heavy atom. The molecule has 0 aliphatic rings. The lowest BCUT2D eigenvalue weighted by molar-refractivity contribution is -0.143. The second-order valence-corrected chi connectivity index (χ2v) is 6.38. The highest BCUT2D eigenvalue weighted by Gasteiger charge is 2.28. The predicted octanol–water partition coefficient (Wildman–Crippen LogP) is -2.86. The van der Waals surface area contributed by atoms with Crippen LogP contribution in [0.5, 0.6) is 0 Å². The number of carboxylic acids is 3. The minimum atomic E-state index is -1.47. The number of carbonyl (C=O) groups excluding carboxylic acids is 3. The van der Waals surface area contributed by atoms with E-state index in [9.17, 15) is 28.8 Å². The first kappa shape index (κ1) is 26.1. The number of nitrogens with two attached hydrogens (primary N) is 1. The molecule has 0 rings (SSSR count). The van der Waals surface area contributed by atoms with Crippen LogP contribution in [0.4, 0.5) is 0 Å². The SMILES string of the molecule is CC(NC(=O)C(CS)NC(=O)C(N)CC(=O)O)C(=O)NC(CCC(=O)O)C(=O)O. The summed E-state index contributed by atoms with van der Waals surface area (Å²) in [6.07, 6.45) is -1.49. The summed E-state index contributed by atoms with van der Waals surface area (Å²) in [5, 5.41) is 32.8. The van der Waals surface area contributed by atoms with E-state index in [1.165, 1.54) is 6.92 Å². The summed E-state index contributed by atoms with van der Waals surface area (Å²) in [7, 11) is 0. The van der Waals surface area contributed by atoms with Gasteiger partial charge in [-0.1, -0.05) is 0 Å². The van der Waals surface area contributed by atoms with Crippen LogP contribution in [-0.4, -0.2) is 80.9 Å². The molecule has 8 N–H and O–H groups in total. The number of hydrogen-bond donors (Lipinski definition) is 8. The summed E-state index contributed by atoms with van der Waals surface area (Å²) < 4.78 is 0. The molecule has 0 radical (unpaired) electrons. The summed E-state index contributed by atoms with van der Waals surface area (Å²) in [6.45, 7) is 1.25. The molecule has 0 saturated carbocycles. The van der Waals surface area contributed by atoms with Gasteiger partial charge >= 0.3 is 17.9 Å². The van der Waals surface area contributed by atoms with Gasteiger partial charge in [0.15, 0.2) is 0 Å². The molecule has 29 heavy (non-hydrogen) atoms. The number of amides is 3. The number of carbonyl (C=O) groups is 6. The quantitative estimate of drug-likeness (QED) is 0.138. The van der Waals surface area contributed by atoms with E-state index < -0.39 is 72.6 Å². The normalized spacial score (nSPS) is 14.6. The zero-order chi connectivity index (χ0) is 22.7. The molecule has 0 aromatic rings. The van der Waals surface area contributed by atoms with Crippen LogP contribution in [0, 0.1) is 0 Å². The smallest absolute Gasteiger partial charge is 0.326 e. The second-order valence-electron chi connectivity index (χ2n) is 6.01. The van der Waals surface area contributed by atoms with Crippen molar-refractivity contribution in [3.8, 4) is 0 Å². The molecule has 0 aromatic heterocycles. The van der Waals surface area contributed by atoms with E-state index >= 15 is 0 Å². The molecule has 0 aromatic carbocycles. The fourth-order valence-corrected chi connectivity index (χ4v) is 2.21. The average molecular weight is 436 g/mol. The van der Waals surface area contributed by atoms with Crippen LogP contribution in [0.2, 0.25) is 0 Å². The number of aliphatic carboxylic acids is 3. The minimum absolute atomic E-state index is 0.192. The van der Waals surface area contributed by atoms with Crippen LogP contribution < -0.4 is 21.7 Å². The Hall–Kier alpha value is -2.87. The van der Waals surface area contributed by atoms with Gasteiger partial charge in [-0.3, -0.25) is 24.0 Å². The van der Waals surface area contributed by atoms with Crippen molar-refractivity contribution in [2.45, 2.75) is 50.4 Å². The molecular formula is C15H24N4O9S. The van der Waals surface area contributed by atoms with Crippen molar-refractivity contribution in [3.63, 3.8) is 0 Å². The van der Waals surface area contributed by atoms with Gasteiger partial charge < -0.3 is 37.0 Å². The lowest BCUT2D eigenvalue weighted by atomic mass is 10.1. The molecule has 4 unspecified atom stereocenters. The van der Waals surface area contributed by atoms with Gasteiger partial charge in [-0.05, 0) is 13.3 Å². The molecule has 3 amide bonds. The minimum Gasteiger partial charge on any atom is -0.481 e. The molecular weight excluding hydrogens is 412 g/mol. The number of thiol groups is 1. The molecule has 0 heterocycles. The number of rotatable bonds is 13. The molecule has 0 bridgehead atoms. The van der Waals surface area contributed by atoms with Crippen molar-refractivity contribution in [2.75, 3.05) is 5.75 Å². The fraction of sp³-hybridized carbons (Fsp3) is 0.600. The van der Waals surface area contributed by atoms with Crippen LogP contribution >= 0.6 is 12.6 Å². The first-order valence-corrected chi connectivity index (χ1v) is 8.96. The van der Waals surface area contributed by atoms with E-state index in [1.54, 1.807) is 0 Å². The molecule has 0 aliphatic heterocycles. The maximum absolute atomic E-state index is 12.2. The van der Waals surface area contributed by atoms with Gasteiger partial charge in [0.25, 0.3) is 0 Å². The first-order valence-electron chi connectivity index (χ1n) is 8.33. The van der Waals surface area contributed by atoms with Crippen molar-refractivity contribution in [1.82, 2.24) is 16.0 Å². The van der Waals surface area contributed by atoms with Gasteiger partial charge in [0.1, 0.15) is 18.1 Å². The lowest BCUT2D eigenvalue weighted by Crippen LogP contribution is -2.57. The average Bonchev–Trinajstić information content (AvgIpc) is 2.61. The molecule has 0 saturated heterocycles. The lowest BCUT2D eigenvalue weighted by Gasteiger charge is -2.22. The predicted molar refractivity (Wildman–Crippen MR) is 100 cm³/mol. The molecule has 0 fully saturated rings. The molecule has 4 atom stereocenters. The van der Waals surface area contributed by atoms with E-state index in [-0.39, 0.29) is 12.2 Å². The standard InChI is InChI=1S/C15H24N4O9S/c1-6(12(24)18-8(15(27)28)2-3-10(20)21)17-14(26)9(5-29)19-13(25)7(16)4-11(22)23/h6-9,29H,2-5,16H2,1H3,(H,17,26)(H,18,24)(H,19,25)(H,20,21)(H,22,23)(H,27,28). The summed E-state index contributed by atoms with van der Waals surface area (Å²) in [5.41, 5.74) is 5.39. The van der Waals surface area contributed by atoms with E-state index in [0.29, 0.717) is 0 Å². The monoisotopic (exact) mass is 436 g/mol. The third-order valence-electron chi connectivity index (χ3n) is 3.56. The van der Waals surface area contributed by atoms with Gasteiger partial charge in [-0.2, -0.15) is 12.6 Å². The Bertz CT molecular complexity index is 658. The van der Waals surface area contributed by atoms with Gasteiger partial charge in [-0.15, -0.1) is 0 Å². The van der Waals surface area contributed by atoms with Crippen molar-refractivity contribution < 1.29 is 44.1 Å². The molecule has 0 spiro atoms. The maximum Gasteiger partial charge on any atom is 0.326 e. The van der Waals surface area contributed by atoms with Crippen LogP contribution in [0.25, 0.3) is 0 Å². The summed E-state index contributed by atoms with van der Waals surface area (Å²) in [5.74, 6) is -6.80. The molecule has 13 nitrogen and oxygen atoms in total. The summed E-state index contributed by atoms with van der Waals surface area (Å²) >= 11 is 3.90. The van der Waals surface area contributed by atoms with E-state index in [2.05, 4.69) is 28.6 Å². The van der Waals surface area contributed by atoms with E-state index in [0.717, 1.165) is 0 Å². The Balaban J connectivity index is 4.82. The highest BCUT2D eigenvalue weighted by atomic mass is 32.1. The topological polar surface area (TPSA) is 225 Å². The second kappa shape index (κ2) is 12.6. The van der Waals surface area contributed by atoms with Gasteiger partial charge in [0, 0.05) is 12.2 Å². The summed E-state index contributed by atoms with van der Waals surface area (Å²) in [6, 6.07) is -5.31. The van der Waals surface area contributed by atoms with Crippen LogP contribution in [0.15, 0.2) is 0 Å². The van der Waals surface area contributed by atoms with Crippen LogP contribution in [0.1, 0.15) is 26.2 Å².